The van der Waals surface area contributed by atoms with Gasteiger partial charge in [-0.15, -0.1) is 0 Å². The summed E-state index contributed by atoms with van der Waals surface area (Å²) < 4.78 is 10.5. The Morgan fingerprint density at radius 1 is 1.44 bits per heavy atom. The van der Waals surface area contributed by atoms with Crippen LogP contribution in [0.25, 0.3) is 0 Å². The molecule has 100 valence electrons. The summed E-state index contributed by atoms with van der Waals surface area (Å²) in [5.74, 6) is 0.453. The minimum absolute atomic E-state index is 0.124. The largest absolute Gasteiger partial charge is 0.495 e. The standard InChI is InChI=1S/C13H18ClNO3/c1-9(2)18-7-6-13(16)15-11-8-10(14)4-5-12(11)17-3/h4-5,8-9H,6-7H2,1-3H3,(H,15,16). The number of anilines is 1. The van der Waals surface area contributed by atoms with Crippen molar-refractivity contribution in [3.05, 3.63) is 23.2 Å². The molecular weight excluding hydrogens is 254 g/mol. The van der Waals surface area contributed by atoms with Crippen molar-refractivity contribution in [2.24, 2.45) is 0 Å². The lowest BCUT2D eigenvalue weighted by Gasteiger charge is -2.11. The van der Waals surface area contributed by atoms with Gasteiger partial charge >= 0.3 is 0 Å². The van der Waals surface area contributed by atoms with Crippen molar-refractivity contribution in [2.45, 2.75) is 26.4 Å². The van der Waals surface area contributed by atoms with E-state index in [1.807, 2.05) is 13.8 Å². The molecule has 18 heavy (non-hydrogen) atoms. The molecule has 0 heterocycles. The minimum Gasteiger partial charge on any atom is -0.495 e. The van der Waals surface area contributed by atoms with Crippen molar-refractivity contribution < 1.29 is 14.3 Å². The van der Waals surface area contributed by atoms with Gasteiger partial charge in [-0.25, -0.2) is 0 Å². The normalized spacial score (nSPS) is 10.5. The number of carbonyl (C=O) groups excluding carboxylic acids is 1. The zero-order valence-corrected chi connectivity index (χ0v) is 11.6. The Labute approximate surface area is 112 Å². The third-order valence-electron chi connectivity index (χ3n) is 2.22. The lowest BCUT2D eigenvalue weighted by Crippen LogP contribution is -2.16. The molecule has 1 aromatic rings. The van der Waals surface area contributed by atoms with Crippen LogP contribution in [-0.2, 0) is 9.53 Å². The summed E-state index contributed by atoms with van der Waals surface area (Å²) in [6.07, 6.45) is 0.423. The van der Waals surface area contributed by atoms with E-state index in [0.29, 0.717) is 29.5 Å². The van der Waals surface area contributed by atoms with Gasteiger partial charge in [-0.1, -0.05) is 11.6 Å². The first-order chi connectivity index (χ1) is 8.52. The molecule has 0 saturated carbocycles. The number of benzene rings is 1. The predicted molar refractivity (Wildman–Crippen MR) is 72.3 cm³/mol. The Kier molecular flexibility index (Phi) is 5.95. The van der Waals surface area contributed by atoms with Gasteiger partial charge in [0.25, 0.3) is 0 Å². The van der Waals surface area contributed by atoms with Gasteiger partial charge in [0, 0.05) is 5.02 Å². The molecule has 5 heteroatoms. The molecule has 1 aromatic carbocycles. The van der Waals surface area contributed by atoms with E-state index in [2.05, 4.69) is 5.32 Å². The highest BCUT2D eigenvalue weighted by molar-refractivity contribution is 6.31. The second-order valence-electron chi connectivity index (χ2n) is 4.06. The van der Waals surface area contributed by atoms with Crippen molar-refractivity contribution in [1.29, 1.82) is 0 Å². The predicted octanol–water partition coefficient (Wildman–Crippen LogP) is 3.10. The molecule has 1 rings (SSSR count). The van der Waals surface area contributed by atoms with Crippen LogP contribution in [-0.4, -0.2) is 25.7 Å². The summed E-state index contributed by atoms with van der Waals surface area (Å²) >= 11 is 5.87. The van der Waals surface area contributed by atoms with Crippen molar-refractivity contribution in [1.82, 2.24) is 0 Å². The summed E-state index contributed by atoms with van der Waals surface area (Å²) in [5.41, 5.74) is 0.569. The van der Waals surface area contributed by atoms with Crippen LogP contribution in [0.4, 0.5) is 5.69 Å². The average molecular weight is 272 g/mol. The van der Waals surface area contributed by atoms with Crippen molar-refractivity contribution in [3.8, 4) is 5.75 Å². The van der Waals surface area contributed by atoms with Crippen LogP contribution < -0.4 is 10.1 Å². The summed E-state index contributed by atoms with van der Waals surface area (Å²) in [7, 11) is 1.54. The number of rotatable bonds is 6. The Balaban J connectivity index is 2.55. The van der Waals surface area contributed by atoms with Crippen molar-refractivity contribution in [2.75, 3.05) is 19.0 Å². The maximum Gasteiger partial charge on any atom is 0.226 e. The van der Waals surface area contributed by atoms with E-state index in [0.717, 1.165) is 0 Å². The van der Waals surface area contributed by atoms with Gasteiger partial charge in [-0.3, -0.25) is 4.79 Å². The van der Waals surface area contributed by atoms with E-state index < -0.39 is 0 Å². The third kappa shape index (κ3) is 4.94. The van der Waals surface area contributed by atoms with Gasteiger partial charge in [-0.05, 0) is 32.0 Å². The first-order valence-corrected chi connectivity index (χ1v) is 6.15. The topological polar surface area (TPSA) is 47.6 Å². The fourth-order valence-corrected chi connectivity index (χ4v) is 1.55. The van der Waals surface area contributed by atoms with Gasteiger partial charge in [0.1, 0.15) is 5.75 Å². The quantitative estimate of drug-likeness (QED) is 0.865. The van der Waals surface area contributed by atoms with Crippen LogP contribution >= 0.6 is 11.6 Å². The number of hydrogen-bond acceptors (Lipinski definition) is 3. The number of amides is 1. The van der Waals surface area contributed by atoms with Crippen LogP contribution in [0.5, 0.6) is 5.75 Å². The molecule has 4 nitrogen and oxygen atoms in total. The average Bonchev–Trinajstić information content (AvgIpc) is 2.28. The fourth-order valence-electron chi connectivity index (χ4n) is 1.38. The number of halogens is 1. The second-order valence-corrected chi connectivity index (χ2v) is 4.50. The molecule has 0 radical (unpaired) electrons. The lowest BCUT2D eigenvalue weighted by molar-refractivity contribution is -0.117. The molecule has 0 aliphatic rings. The van der Waals surface area contributed by atoms with E-state index in [-0.39, 0.29) is 12.0 Å². The second kappa shape index (κ2) is 7.24. The molecule has 1 amide bonds. The van der Waals surface area contributed by atoms with Crippen LogP contribution in [0.15, 0.2) is 18.2 Å². The monoisotopic (exact) mass is 271 g/mol. The van der Waals surface area contributed by atoms with Crippen molar-refractivity contribution >= 4 is 23.2 Å². The summed E-state index contributed by atoms with van der Waals surface area (Å²) in [6, 6.07) is 5.07. The van der Waals surface area contributed by atoms with Gasteiger partial charge < -0.3 is 14.8 Å². The molecule has 1 N–H and O–H groups in total. The van der Waals surface area contributed by atoms with E-state index in [4.69, 9.17) is 21.1 Å². The van der Waals surface area contributed by atoms with E-state index in [1.165, 1.54) is 0 Å². The SMILES string of the molecule is COc1ccc(Cl)cc1NC(=O)CCOC(C)C. The zero-order valence-electron chi connectivity index (χ0n) is 10.8. The van der Waals surface area contributed by atoms with Crippen LogP contribution in [0.3, 0.4) is 0 Å². The molecule has 0 aliphatic heterocycles. The summed E-state index contributed by atoms with van der Waals surface area (Å²) in [6.45, 7) is 4.25. The van der Waals surface area contributed by atoms with E-state index in [9.17, 15) is 4.79 Å². The fraction of sp³-hybridized carbons (Fsp3) is 0.462. The van der Waals surface area contributed by atoms with Crippen LogP contribution in [0.2, 0.25) is 5.02 Å². The zero-order chi connectivity index (χ0) is 13.5. The Bertz CT molecular complexity index is 407. The smallest absolute Gasteiger partial charge is 0.226 e. The highest BCUT2D eigenvalue weighted by Gasteiger charge is 2.08. The number of carbonyl (C=O) groups is 1. The number of nitrogens with one attached hydrogen (secondary N) is 1. The minimum atomic E-state index is -0.129. The maximum atomic E-state index is 11.7. The molecule has 0 saturated heterocycles. The number of methoxy groups -OCH3 is 1. The first kappa shape index (κ1) is 14.8. The third-order valence-corrected chi connectivity index (χ3v) is 2.45. The molecule has 0 unspecified atom stereocenters. The van der Waals surface area contributed by atoms with E-state index in [1.54, 1.807) is 25.3 Å². The molecule has 0 atom stereocenters. The molecule has 0 aromatic heterocycles. The van der Waals surface area contributed by atoms with Gasteiger partial charge in [0.2, 0.25) is 5.91 Å². The Morgan fingerprint density at radius 2 is 2.17 bits per heavy atom. The Morgan fingerprint density at radius 3 is 2.78 bits per heavy atom. The van der Waals surface area contributed by atoms with E-state index >= 15 is 0 Å². The Hall–Kier alpha value is -1.26. The highest BCUT2D eigenvalue weighted by Crippen LogP contribution is 2.27. The van der Waals surface area contributed by atoms with Gasteiger partial charge in [-0.2, -0.15) is 0 Å². The van der Waals surface area contributed by atoms with Crippen LogP contribution in [0, 0.1) is 0 Å². The van der Waals surface area contributed by atoms with Gasteiger partial charge in [0.15, 0.2) is 0 Å². The van der Waals surface area contributed by atoms with Crippen molar-refractivity contribution in [3.63, 3.8) is 0 Å². The molecule has 0 spiro atoms. The number of ether oxygens (including phenoxy) is 2. The molecule has 0 fully saturated rings. The first-order valence-electron chi connectivity index (χ1n) is 5.78. The molecular formula is C13H18ClNO3. The summed E-state index contributed by atoms with van der Waals surface area (Å²) in [5, 5.41) is 3.29. The summed E-state index contributed by atoms with van der Waals surface area (Å²) in [4.78, 5) is 11.7. The van der Waals surface area contributed by atoms with Crippen LogP contribution in [0.1, 0.15) is 20.3 Å². The highest BCUT2D eigenvalue weighted by atomic mass is 35.5. The molecule has 0 bridgehead atoms. The number of hydrogen-bond donors (Lipinski definition) is 1. The maximum absolute atomic E-state index is 11.7. The molecule has 0 aliphatic carbocycles. The van der Waals surface area contributed by atoms with Gasteiger partial charge in [0.05, 0.1) is 31.9 Å². The lowest BCUT2D eigenvalue weighted by atomic mass is 10.2.